The van der Waals surface area contributed by atoms with Crippen LogP contribution in [-0.2, 0) is 18.0 Å². The Morgan fingerprint density at radius 2 is 2.14 bits per heavy atom. The van der Waals surface area contributed by atoms with Gasteiger partial charge in [-0.15, -0.1) is 0 Å². The van der Waals surface area contributed by atoms with Crippen molar-refractivity contribution in [2.24, 2.45) is 0 Å². The van der Waals surface area contributed by atoms with Gasteiger partial charge in [-0.25, -0.2) is 0 Å². The zero-order chi connectivity index (χ0) is 15.0. The van der Waals surface area contributed by atoms with E-state index in [0.29, 0.717) is 31.7 Å². The van der Waals surface area contributed by atoms with E-state index in [0.717, 1.165) is 17.7 Å². The number of β-amino-alcohol motifs (C(OH)–C–C–N with tert-alkyl or cyclic N) is 1. The van der Waals surface area contributed by atoms with Crippen molar-refractivity contribution in [1.29, 1.82) is 0 Å². The Morgan fingerprint density at radius 3 is 2.90 bits per heavy atom. The second-order valence-corrected chi connectivity index (χ2v) is 6.24. The molecule has 2 unspecified atom stereocenters. The highest BCUT2D eigenvalue weighted by Crippen LogP contribution is 2.25. The highest BCUT2D eigenvalue weighted by molar-refractivity contribution is 5.95. The molecule has 0 radical (unpaired) electrons. The molecule has 1 aromatic carbocycles. The molecule has 1 aromatic rings. The van der Waals surface area contributed by atoms with Gasteiger partial charge >= 0.3 is 0 Å². The molecule has 0 bridgehead atoms. The van der Waals surface area contributed by atoms with Crippen molar-refractivity contribution < 1.29 is 14.6 Å². The normalized spacial score (nSPS) is 24.7. The Kier molecular flexibility index (Phi) is 3.97. The van der Waals surface area contributed by atoms with Crippen LogP contribution in [0.15, 0.2) is 18.2 Å². The van der Waals surface area contributed by atoms with E-state index in [1.54, 1.807) is 0 Å². The first-order valence-electron chi connectivity index (χ1n) is 7.38. The number of amides is 1. The lowest BCUT2D eigenvalue weighted by Gasteiger charge is -2.27. The lowest BCUT2D eigenvalue weighted by molar-refractivity contribution is 0.0699. The molecule has 2 atom stereocenters. The molecular formula is C16H22N2O3. The number of aliphatic hydroxyl groups is 1. The first-order valence-corrected chi connectivity index (χ1v) is 7.38. The molecule has 114 valence electrons. The van der Waals surface area contributed by atoms with Crippen LogP contribution < -0.4 is 0 Å². The van der Waals surface area contributed by atoms with E-state index in [4.69, 9.17) is 4.74 Å². The zero-order valence-corrected chi connectivity index (χ0v) is 12.6. The van der Waals surface area contributed by atoms with Crippen LogP contribution in [0, 0.1) is 0 Å². The number of likely N-dealkylation sites (tertiary alicyclic amines) is 1. The molecule has 5 heteroatoms. The van der Waals surface area contributed by atoms with E-state index in [1.165, 1.54) is 0 Å². The minimum absolute atomic E-state index is 0.00750. The maximum Gasteiger partial charge on any atom is 0.254 e. The Morgan fingerprint density at radius 1 is 1.38 bits per heavy atom. The first kappa shape index (κ1) is 14.5. The third kappa shape index (κ3) is 2.95. The molecule has 0 saturated carbocycles. The summed E-state index contributed by atoms with van der Waals surface area (Å²) in [6, 6.07) is 5.85. The largest absolute Gasteiger partial charge is 0.391 e. The van der Waals surface area contributed by atoms with E-state index >= 15 is 0 Å². The van der Waals surface area contributed by atoms with E-state index in [1.807, 2.05) is 37.2 Å². The van der Waals surface area contributed by atoms with Gasteiger partial charge in [0.25, 0.3) is 5.91 Å². The summed E-state index contributed by atoms with van der Waals surface area (Å²) in [4.78, 5) is 16.6. The molecule has 2 aliphatic rings. The van der Waals surface area contributed by atoms with Crippen molar-refractivity contribution in [2.45, 2.75) is 31.8 Å². The molecular weight excluding hydrogens is 268 g/mol. The monoisotopic (exact) mass is 290 g/mol. The van der Waals surface area contributed by atoms with Crippen molar-refractivity contribution >= 4 is 5.91 Å². The Labute approximate surface area is 125 Å². The highest BCUT2D eigenvalue weighted by Gasteiger charge is 2.35. The minimum Gasteiger partial charge on any atom is -0.391 e. The first-order chi connectivity index (χ1) is 10.0. The number of aliphatic hydroxyl groups excluding tert-OH is 1. The van der Waals surface area contributed by atoms with Crippen molar-refractivity contribution in [3.8, 4) is 0 Å². The fraction of sp³-hybridized carbons (Fsp3) is 0.562. The van der Waals surface area contributed by atoms with Crippen LogP contribution in [0.4, 0.5) is 0 Å². The quantitative estimate of drug-likeness (QED) is 0.897. The topological polar surface area (TPSA) is 53.0 Å². The summed E-state index contributed by atoms with van der Waals surface area (Å²) in [5.74, 6) is 0.00750. The van der Waals surface area contributed by atoms with Gasteiger partial charge in [0.15, 0.2) is 0 Å². The number of nitrogens with zero attached hydrogens (tertiary/aromatic N) is 2. The van der Waals surface area contributed by atoms with Crippen LogP contribution in [0.25, 0.3) is 0 Å². The van der Waals surface area contributed by atoms with Gasteiger partial charge in [-0.2, -0.15) is 0 Å². The number of likely N-dealkylation sites (N-methyl/N-ethyl adjacent to an activating group) is 1. The highest BCUT2D eigenvalue weighted by atomic mass is 16.5. The predicted octanol–water partition coefficient (Wildman–Crippen LogP) is 0.854. The summed E-state index contributed by atoms with van der Waals surface area (Å²) < 4.78 is 5.39. The van der Waals surface area contributed by atoms with Crippen LogP contribution in [0.1, 0.15) is 27.9 Å². The standard InChI is InChI=1S/C16H22N2O3/c1-17(2)7-14-6-15(19)8-18(14)16(20)11-3-4-12-9-21-10-13(12)5-11/h3-5,14-15,19H,6-10H2,1-2H3. The maximum atomic E-state index is 12.7. The summed E-state index contributed by atoms with van der Waals surface area (Å²) in [6.07, 6.45) is 0.231. The molecule has 2 aliphatic heterocycles. The van der Waals surface area contributed by atoms with Crippen molar-refractivity contribution in [2.75, 3.05) is 27.2 Å². The van der Waals surface area contributed by atoms with Crippen LogP contribution >= 0.6 is 0 Å². The molecule has 2 heterocycles. The molecule has 0 spiro atoms. The van der Waals surface area contributed by atoms with Gasteiger partial charge in [0, 0.05) is 24.7 Å². The van der Waals surface area contributed by atoms with Crippen molar-refractivity contribution in [3.63, 3.8) is 0 Å². The van der Waals surface area contributed by atoms with Gasteiger partial charge in [-0.1, -0.05) is 6.07 Å². The number of benzene rings is 1. The van der Waals surface area contributed by atoms with Gasteiger partial charge < -0.3 is 19.6 Å². The smallest absolute Gasteiger partial charge is 0.254 e. The average Bonchev–Trinajstić information content (AvgIpc) is 3.02. The third-order valence-corrected chi connectivity index (χ3v) is 4.20. The van der Waals surface area contributed by atoms with Gasteiger partial charge in [-0.3, -0.25) is 4.79 Å². The predicted molar refractivity (Wildman–Crippen MR) is 78.9 cm³/mol. The Balaban J connectivity index is 1.80. The summed E-state index contributed by atoms with van der Waals surface area (Å²) in [6.45, 7) is 2.41. The zero-order valence-electron chi connectivity index (χ0n) is 12.6. The summed E-state index contributed by atoms with van der Waals surface area (Å²) in [5.41, 5.74) is 2.96. The van der Waals surface area contributed by atoms with Gasteiger partial charge in [0.1, 0.15) is 0 Å². The number of rotatable bonds is 3. The van der Waals surface area contributed by atoms with Gasteiger partial charge in [0.05, 0.1) is 19.3 Å². The average molecular weight is 290 g/mol. The number of hydrogen-bond acceptors (Lipinski definition) is 4. The number of hydrogen-bond donors (Lipinski definition) is 1. The molecule has 0 aliphatic carbocycles. The van der Waals surface area contributed by atoms with E-state index in [-0.39, 0.29) is 11.9 Å². The summed E-state index contributed by atoms with van der Waals surface area (Å²) >= 11 is 0. The van der Waals surface area contributed by atoms with E-state index in [9.17, 15) is 9.90 Å². The number of carbonyl (C=O) groups excluding carboxylic acids is 1. The molecule has 1 N–H and O–H groups in total. The Hall–Kier alpha value is -1.43. The van der Waals surface area contributed by atoms with Gasteiger partial charge in [0.2, 0.25) is 0 Å². The lowest BCUT2D eigenvalue weighted by Crippen LogP contribution is -2.41. The van der Waals surface area contributed by atoms with Crippen LogP contribution in [0.3, 0.4) is 0 Å². The molecule has 1 amide bonds. The summed E-state index contributed by atoms with van der Waals surface area (Å²) in [5, 5.41) is 9.90. The van der Waals surface area contributed by atoms with E-state index in [2.05, 4.69) is 4.90 Å². The molecule has 1 fully saturated rings. The fourth-order valence-corrected chi connectivity index (χ4v) is 3.21. The SMILES string of the molecule is CN(C)CC1CC(O)CN1C(=O)c1ccc2c(c1)COC2. The maximum absolute atomic E-state index is 12.7. The van der Waals surface area contributed by atoms with Crippen LogP contribution in [-0.4, -0.2) is 60.1 Å². The lowest BCUT2D eigenvalue weighted by atomic mass is 10.1. The number of fused-ring (bicyclic) bond motifs is 1. The second-order valence-electron chi connectivity index (χ2n) is 6.24. The molecule has 21 heavy (non-hydrogen) atoms. The van der Waals surface area contributed by atoms with Gasteiger partial charge in [-0.05, 0) is 43.8 Å². The van der Waals surface area contributed by atoms with E-state index < -0.39 is 6.10 Å². The molecule has 1 saturated heterocycles. The van der Waals surface area contributed by atoms with Crippen LogP contribution in [0.5, 0.6) is 0 Å². The third-order valence-electron chi connectivity index (χ3n) is 4.20. The van der Waals surface area contributed by atoms with Crippen LogP contribution in [0.2, 0.25) is 0 Å². The summed E-state index contributed by atoms with van der Waals surface area (Å²) in [7, 11) is 3.97. The second kappa shape index (κ2) is 5.75. The number of carbonyl (C=O) groups is 1. The number of ether oxygens (including phenoxy) is 1. The minimum atomic E-state index is -0.420. The molecule has 3 rings (SSSR count). The van der Waals surface area contributed by atoms with Crippen molar-refractivity contribution in [3.05, 3.63) is 34.9 Å². The molecule has 5 nitrogen and oxygen atoms in total. The fourth-order valence-electron chi connectivity index (χ4n) is 3.21. The van der Waals surface area contributed by atoms with Crippen molar-refractivity contribution in [1.82, 2.24) is 9.80 Å². The Bertz CT molecular complexity index is 544. The molecule has 0 aromatic heterocycles.